The van der Waals surface area contributed by atoms with Crippen LogP contribution in [0.5, 0.6) is 0 Å². The van der Waals surface area contributed by atoms with E-state index in [1.807, 2.05) is 23.1 Å². The summed E-state index contributed by atoms with van der Waals surface area (Å²) in [7, 11) is -3.56. The van der Waals surface area contributed by atoms with Crippen molar-refractivity contribution in [3.63, 3.8) is 0 Å². The van der Waals surface area contributed by atoms with E-state index in [4.69, 9.17) is 5.26 Å². The normalized spacial score (nSPS) is 16.7. The maximum atomic E-state index is 13.5. The van der Waals surface area contributed by atoms with Gasteiger partial charge < -0.3 is 0 Å². The minimum Gasteiger partial charge on any atom is -0.296 e. The summed E-state index contributed by atoms with van der Waals surface area (Å²) in [5.74, 6) is 0.365. The Morgan fingerprint density at radius 2 is 1.94 bits per heavy atom. The van der Waals surface area contributed by atoms with E-state index >= 15 is 0 Å². The molecule has 3 heterocycles. The Bertz CT molecular complexity index is 1330. The van der Waals surface area contributed by atoms with Crippen molar-refractivity contribution in [2.24, 2.45) is 0 Å². The third-order valence-electron chi connectivity index (χ3n) is 5.96. The van der Waals surface area contributed by atoms with Gasteiger partial charge in [-0.25, -0.2) is 12.8 Å². The molecule has 0 unspecified atom stereocenters. The van der Waals surface area contributed by atoms with E-state index in [0.29, 0.717) is 43.2 Å². The Morgan fingerprint density at radius 1 is 1.15 bits per heavy atom. The lowest BCUT2D eigenvalue weighted by Gasteiger charge is -2.42. The number of halogens is 1. The van der Waals surface area contributed by atoms with Gasteiger partial charge in [-0.1, -0.05) is 24.3 Å². The lowest BCUT2D eigenvalue weighted by atomic mass is 10.1. The molecule has 33 heavy (non-hydrogen) atoms. The predicted molar refractivity (Wildman–Crippen MR) is 127 cm³/mol. The molecule has 0 aliphatic carbocycles. The highest BCUT2D eigenvalue weighted by Crippen LogP contribution is 2.43. The monoisotopic (exact) mass is 480 g/mol. The van der Waals surface area contributed by atoms with Crippen LogP contribution in [0.1, 0.15) is 11.1 Å². The highest BCUT2D eigenvalue weighted by Gasteiger charge is 2.42. The second-order valence-electron chi connectivity index (χ2n) is 8.14. The van der Waals surface area contributed by atoms with Gasteiger partial charge in [0, 0.05) is 48.6 Å². The fourth-order valence-electron chi connectivity index (χ4n) is 4.23. The van der Waals surface area contributed by atoms with Gasteiger partial charge in [-0.2, -0.15) is 5.26 Å². The van der Waals surface area contributed by atoms with E-state index < -0.39 is 15.3 Å². The summed E-state index contributed by atoms with van der Waals surface area (Å²) in [5, 5.41) is 8.55. The molecule has 5 rings (SSSR count). The molecule has 3 aromatic rings. The van der Waals surface area contributed by atoms with Crippen molar-refractivity contribution in [1.29, 1.82) is 5.26 Å². The molecule has 0 bridgehead atoms. The van der Waals surface area contributed by atoms with E-state index in [2.05, 4.69) is 11.1 Å². The summed E-state index contributed by atoms with van der Waals surface area (Å²) in [6, 6.07) is 15.7. The number of fused-ring (bicyclic) bond motifs is 1. The van der Waals surface area contributed by atoms with Crippen molar-refractivity contribution in [3.05, 3.63) is 77.9 Å². The van der Waals surface area contributed by atoms with E-state index in [1.54, 1.807) is 42.4 Å². The molecule has 9 heteroatoms. The quantitative estimate of drug-likeness (QED) is 0.552. The van der Waals surface area contributed by atoms with Crippen molar-refractivity contribution >= 4 is 27.5 Å². The van der Waals surface area contributed by atoms with Crippen LogP contribution in [-0.4, -0.2) is 48.9 Å². The van der Waals surface area contributed by atoms with Crippen LogP contribution >= 0.6 is 11.8 Å². The van der Waals surface area contributed by atoms with Gasteiger partial charge >= 0.3 is 0 Å². The highest BCUT2D eigenvalue weighted by atomic mass is 32.2. The van der Waals surface area contributed by atoms with Crippen LogP contribution < -0.4 is 4.31 Å². The topological polar surface area (TPSA) is 77.3 Å². The number of sulfonamides is 1. The molecule has 168 valence electrons. The Morgan fingerprint density at radius 3 is 2.67 bits per heavy atom. The number of nitriles is 1. The number of nitrogens with zero attached hydrogens (tertiary/aromatic N) is 4. The van der Waals surface area contributed by atoms with E-state index in [9.17, 15) is 12.8 Å². The zero-order valence-corrected chi connectivity index (χ0v) is 19.3. The lowest BCUT2D eigenvalue weighted by molar-refractivity contribution is 0.175. The summed E-state index contributed by atoms with van der Waals surface area (Å²) in [6.07, 6.45) is 3.36. The maximum Gasteiger partial charge on any atom is 0.240 e. The van der Waals surface area contributed by atoms with Crippen LogP contribution in [-0.2, 0) is 16.6 Å². The maximum absolute atomic E-state index is 13.5. The van der Waals surface area contributed by atoms with E-state index in [1.165, 1.54) is 16.4 Å². The molecule has 1 aromatic heterocycles. The number of hydrogen-bond donors (Lipinski definition) is 0. The number of pyridine rings is 1. The molecule has 0 N–H and O–H groups in total. The molecular formula is C24H21FN4O2S2. The number of thioether (sulfide) groups is 1. The third kappa shape index (κ3) is 4.22. The number of likely N-dealkylation sites (tertiary alicyclic amines) is 1. The summed E-state index contributed by atoms with van der Waals surface area (Å²) >= 11 is 1.62. The Labute approximate surface area is 196 Å². The smallest absolute Gasteiger partial charge is 0.240 e. The van der Waals surface area contributed by atoms with Gasteiger partial charge in [0.1, 0.15) is 11.1 Å². The zero-order valence-electron chi connectivity index (χ0n) is 17.7. The average molecular weight is 481 g/mol. The van der Waals surface area contributed by atoms with Crippen molar-refractivity contribution < 1.29 is 12.8 Å². The average Bonchev–Trinajstić information content (AvgIpc) is 2.80. The number of benzene rings is 2. The Kier molecular flexibility index (Phi) is 5.83. The molecule has 1 fully saturated rings. The first-order valence-corrected chi connectivity index (χ1v) is 13.0. The Hall–Kier alpha value is -2.93. The molecular weight excluding hydrogens is 459 g/mol. The molecule has 6 nitrogen and oxygen atoms in total. The highest BCUT2D eigenvalue weighted by molar-refractivity contribution is 8.00. The van der Waals surface area contributed by atoms with Crippen molar-refractivity contribution in [2.75, 3.05) is 29.7 Å². The molecule has 0 spiro atoms. The molecule has 2 aliphatic heterocycles. The van der Waals surface area contributed by atoms with Gasteiger partial charge in [-0.05, 0) is 35.4 Å². The van der Waals surface area contributed by atoms with E-state index in [0.717, 1.165) is 21.6 Å². The standard InChI is InChI=1S/C24H21FN4O2S2/c25-20-3-1-2-18(10-20)14-28-15-21(16-28)33(30,31)29-8-9-32-24-22(12-27-13-23(24)29)19-6-4-17(11-26)5-7-19/h1-7,10,12-13,21H,8-9,14-16H2. The van der Waals surface area contributed by atoms with Crippen molar-refractivity contribution in [3.8, 4) is 17.2 Å². The first-order valence-electron chi connectivity index (χ1n) is 10.6. The van der Waals surface area contributed by atoms with Crippen LogP contribution in [0.15, 0.2) is 65.8 Å². The first-order chi connectivity index (χ1) is 16.0. The number of hydrogen-bond acceptors (Lipinski definition) is 6. The zero-order chi connectivity index (χ0) is 23.0. The third-order valence-corrected chi connectivity index (χ3v) is 9.20. The summed E-state index contributed by atoms with van der Waals surface area (Å²) in [5.41, 5.74) is 3.78. The van der Waals surface area contributed by atoms with Gasteiger partial charge in [-0.3, -0.25) is 14.2 Å². The minimum atomic E-state index is -3.56. The van der Waals surface area contributed by atoms with Crippen LogP contribution in [0.3, 0.4) is 0 Å². The van der Waals surface area contributed by atoms with Crippen LogP contribution in [0.25, 0.3) is 11.1 Å². The molecule has 0 radical (unpaired) electrons. The SMILES string of the molecule is N#Cc1ccc(-c2cncc3c2SCCN3S(=O)(=O)C2CN(Cc3cccc(F)c3)C2)cc1. The van der Waals surface area contributed by atoms with Gasteiger partial charge in [0.05, 0.1) is 23.5 Å². The molecule has 1 saturated heterocycles. The summed E-state index contributed by atoms with van der Waals surface area (Å²) in [4.78, 5) is 7.24. The van der Waals surface area contributed by atoms with E-state index in [-0.39, 0.29) is 5.82 Å². The van der Waals surface area contributed by atoms with Gasteiger partial charge in [0.25, 0.3) is 0 Å². The minimum absolute atomic E-state index is 0.287. The number of anilines is 1. The van der Waals surface area contributed by atoms with Crippen molar-refractivity contribution in [2.45, 2.75) is 16.7 Å². The molecule has 0 saturated carbocycles. The lowest BCUT2D eigenvalue weighted by Crippen LogP contribution is -2.58. The van der Waals surface area contributed by atoms with Gasteiger partial charge in [-0.15, -0.1) is 11.8 Å². The Balaban J connectivity index is 1.36. The van der Waals surface area contributed by atoms with Gasteiger partial charge in [0.15, 0.2) is 0 Å². The van der Waals surface area contributed by atoms with Crippen LogP contribution in [0.4, 0.5) is 10.1 Å². The van der Waals surface area contributed by atoms with Crippen molar-refractivity contribution in [1.82, 2.24) is 9.88 Å². The molecule has 2 aromatic carbocycles. The predicted octanol–water partition coefficient (Wildman–Crippen LogP) is 3.89. The first kappa shape index (κ1) is 21.9. The van der Waals surface area contributed by atoms with Crippen LogP contribution in [0.2, 0.25) is 0 Å². The summed E-state index contributed by atoms with van der Waals surface area (Å²) < 4.78 is 41.9. The number of aromatic nitrogens is 1. The second kappa shape index (κ2) is 8.78. The molecule has 0 atom stereocenters. The molecule has 0 amide bonds. The van der Waals surface area contributed by atoms with Gasteiger partial charge in [0.2, 0.25) is 10.0 Å². The largest absolute Gasteiger partial charge is 0.296 e. The molecule has 2 aliphatic rings. The summed E-state index contributed by atoms with van der Waals surface area (Å²) in [6.45, 7) is 1.76. The number of rotatable bonds is 5. The second-order valence-corrected chi connectivity index (χ2v) is 11.4. The fraction of sp³-hybridized carbons (Fsp3) is 0.250. The van der Waals surface area contributed by atoms with Crippen LogP contribution in [0, 0.1) is 17.1 Å². The fourth-order valence-corrected chi connectivity index (χ4v) is 7.43.